The maximum absolute atomic E-state index is 12.4. The molecule has 0 saturated carbocycles. The third-order valence-electron chi connectivity index (χ3n) is 3.40. The fraction of sp³-hybridized carbons (Fsp3) is 0.467. The van der Waals surface area contributed by atoms with Gasteiger partial charge >= 0.3 is 0 Å². The maximum Gasteiger partial charge on any atom is 0.241 e. The van der Waals surface area contributed by atoms with Gasteiger partial charge in [-0.05, 0) is 42.4 Å². The van der Waals surface area contributed by atoms with Crippen molar-refractivity contribution < 1.29 is 8.42 Å². The minimum atomic E-state index is -3.52. The Hall–Kier alpha value is -1.000. The van der Waals surface area contributed by atoms with Crippen LogP contribution in [0.5, 0.6) is 0 Å². The highest BCUT2D eigenvalue weighted by molar-refractivity contribution is 7.99. The average Bonchev–Trinajstić information content (AvgIpc) is 2.52. The van der Waals surface area contributed by atoms with Crippen LogP contribution in [0, 0.1) is 17.8 Å². The standard InChI is InChI=1S/C15H20N2O2S2/c16-9-3-5-14-4-1-2-6-15(14)21(18,19)17-12-13-7-10-20-11-8-13/h1-2,4,6,13,17H,7-12,16H2. The monoisotopic (exact) mass is 324 g/mol. The number of nitrogens with one attached hydrogen (secondary N) is 1. The van der Waals surface area contributed by atoms with Crippen LogP contribution in [-0.2, 0) is 10.0 Å². The zero-order chi connectivity index (χ0) is 15.1. The molecule has 1 aromatic rings. The van der Waals surface area contributed by atoms with E-state index in [4.69, 9.17) is 5.73 Å². The first kappa shape index (κ1) is 16.4. The average molecular weight is 324 g/mol. The van der Waals surface area contributed by atoms with Crippen LogP contribution >= 0.6 is 11.8 Å². The van der Waals surface area contributed by atoms with Crippen molar-refractivity contribution in [2.45, 2.75) is 17.7 Å². The van der Waals surface area contributed by atoms with Gasteiger partial charge in [0.1, 0.15) is 0 Å². The first-order valence-electron chi connectivity index (χ1n) is 6.99. The molecule has 0 aromatic heterocycles. The molecule has 1 aromatic carbocycles. The molecule has 1 aliphatic heterocycles. The van der Waals surface area contributed by atoms with Crippen LogP contribution in [0.25, 0.3) is 0 Å². The molecule has 0 spiro atoms. The number of hydrogen-bond acceptors (Lipinski definition) is 4. The van der Waals surface area contributed by atoms with E-state index in [1.54, 1.807) is 24.3 Å². The number of benzene rings is 1. The molecule has 0 radical (unpaired) electrons. The van der Waals surface area contributed by atoms with Gasteiger partial charge in [-0.3, -0.25) is 0 Å². The summed E-state index contributed by atoms with van der Waals surface area (Å²) >= 11 is 1.93. The lowest BCUT2D eigenvalue weighted by atomic mass is 10.0. The highest BCUT2D eigenvalue weighted by Gasteiger charge is 2.20. The SMILES string of the molecule is NCC#Cc1ccccc1S(=O)(=O)NCC1CCSCC1. The van der Waals surface area contributed by atoms with E-state index in [1.807, 2.05) is 11.8 Å². The van der Waals surface area contributed by atoms with Gasteiger partial charge in [-0.25, -0.2) is 13.1 Å². The van der Waals surface area contributed by atoms with Gasteiger partial charge in [0.2, 0.25) is 10.0 Å². The van der Waals surface area contributed by atoms with Crippen LogP contribution in [0.4, 0.5) is 0 Å². The summed E-state index contributed by atoms with van der Waals surface area (Å²) in [6.07, 6.45) is 2.14. The molecule has 0 bridgehead atoms. The molecule has 3 N–H and O–H groups in total. The Balaban J connectivity index is 2.11. The second-order valence-electron chi connectivity index (χ2n) is 4.91. The van der Waals surface area contributed by atoms with Crippen molar-refractivity contribution in [2.75, 3.05) is 24.6 Å². The van der Waals surface area contributed by atoms with Gasteiger partial charge in [-0.1, -0.05) is 24.0 Å². The molecular weight excluding hydrogens is 304 g/mol. The van der Waals surface area contributed by atoms with Gasteiger partial charge in [0.25, 0.3) is 0 Å². The molecule has 21 heavy (non-hydrogen) atoms. The Kier molecular flexibility index (Phi) is 6.12. The minimum Gasteiger partial charge on any atom is -0.320 e. The lowest BCUT2D eigenvalue weighted by Crippen LogP contribution is -2.31. The number of sulfonamides is 1. The highest BCUT2D eigenvalue weighted by atomic mass is 32.2. The third-order valence-corrected chi connectivity index (χ3v) is 5.94. The molecule has 0 amide bonds. The summed E-state index contributed by atoms with van der Waals surface area (Å²) in [5, 5.41) is 0. The molecular formula is C15H20N2O2S2. The number of nitrogens with two attached hydrogens (primary N) is 1. The molecule has 2 rings (SSSR count). The normalized spacial score (nSPS) is 16.2. The van der Waals surface area contributed by atoms with E-state index in [0.717, 1.165) is 24.3 Å². The van der Waals surface area contributed by atoms with Gasteiger partial charge in [0.15, 0.2) is 0 Å². The van der Waals surface area contributed by atoms with Crippen molar-refractivity contribution >= 4 is 21.8 Å². The summed E-state index contributed by atoms with van der Waals surface area (Å²) in [6.45, 7) is 0.711. The summed E-state index contributed by atoms with van der Waals surface area (Å²) in [6, 6.07) is 6.77. The van der Waals surface area contributed by atoms with Crippen LogP contribution < -0.4 is 10.5 Å². The quantitative estimate of drug-likeness (QED) is 0.822. The van der Waals surface area contributed by atoms with E-state index in [1.165, 1.54) is 0 Å². The zero-order valence-electron chi connectivity index (χ0n) is 11.8. The highest BCUT2D eigenvalue weighted by Crippen LogP contribution is 2.22. The van der Waals surface area contributed by atoms with Gasteiger partial charge in [0, 0.05) is 12.1 Å². The van der Waals surface area contributed by atoms with Crippen molar-refractivity contribution in [3.63, 3.8) is 0 Å². The largest absolute Gasteiger partial charge is 0.320 e. The summed E-state index contributed by atoms with van der Waals surface area (Å²) < 4.78 is 27.6. The molecule has 6 heteroatoms. The topological polar surface area (TPSA) is 72.2 Å². The second kappa shape index (κ2) is 7.85. The minimum absolute atomic E-state index is 0.210. The summed E-state index contributed by atoms with van der Waals surface area (Å²) in [5.41, 5.74) is 5.85. The van der Waals surface area contributed by atoms with Crippen molar-refractivity contribution in [1.82, 2.24) is 4.72 Å². The lowest BCUT2D eigenvalue weighted by Gasteiger charge is -2.21. The Bertz CT molecular complexity index is 627. The van der Waals surface area contributed by atoms with Gasteiger partial charge in [-0.2, -0.15) is 11.8 Å². The Morgan fingerprint density at radius 2 is 2.00 bits per heavy atom. The zero-order valence-corrected chi connectivity index (χ0v) is 13.5. The van der Waals surface area contributed by atoms with E-state index in [2.05, 4.69) is 16.6 Å². The van der Waals surface area contributed by atoms with Gasteiger partial charge < -0.3 is 5.73 Å². The van der Waals surface area contributed by atoms with Crippen LogP contribution in [0.1, 0.15) is 18.4 Å². The molecule has 114 valence electrons. The number of thioether (sulfide) groups is 1. The second-order valence-corrected chi connectivity index (χ2v) is 7.87. The third kappa shape index (κ3) is 4.75. The number of rotatable bonds is 4. The Morgan fingerprint density at radius 1 is 1.29 bits per heavy atom. The van der Waals surface area contributed by atoms with Crippen LogP contribution in [0.3, 0.4) is 0 Å². The van der Waals surface area contributed by atoms with E-state index in [9.17, 15) is 8.42 Å². The van der Waals surface area contributed by atoms with Crippen LogP contribution in [-0.4, -0.2) is 33.0 Å². The fourth-order valence-corrected chi connectivity index (χ4v) is 4.69. The predicted molar refractivity (Wildman–Crippen MR) is 87.6 cm³/mol. The van der Waals surface area contributed by atoms with E-state index >= 15 is 0 Å². The van der Waals surface area contributed by atoms with Crippen molar-refractivity contribution in [1.29, 1.82) is 0 Å². The molecule has 4 nitrogen and oxygen atoms in total. The van der Waals surface area contributed by atoms with E-state index < -0.39 is 10.0 Å². The van der Waals surface area contributed by atoms with E-state index in [0.29, 0.717) is 18.0 Å². The van der Waals surface area contributed by atoms with E-state index in [-0.39, 0.29) is 11.4 Å². The smallest absolute Gasteiger partial charge is 0.241 e. The molecule has 1 aliphatic rings. The van der Waals surface area contributed by atoms with Crippen LogP contribution in [0.15, 0.2) is 29.2 Å². The summed E-state index contributed by atoms with van der Waals surface area (Å²) in [7, 11) is -3.52. The van der Waals surface area contributed by atoms with Crippen molar-refractivity contribution in [3.05, 3.63) is 29.8 Å². The first-order valence-corrected chi connectivity index (χ1v) is 9.62. The maximum atomic E-state index is 12.4. The fourth-order valence-electron chi connectivity index (χ4n) is 2.21. The number of hydrogen-bond donors (Lipinski definition) is 2. The van der Waals surface area contributed by atoms with Crippen LogP contribution in [0.2, 0.25) is 0 Å². The Labute approximate surface area is 130 Å². The molecule has 0 unspecified atom stereocenters. The first-order chi connectivity index (χ1) is 10.1. The molecule has 0 aliphatic carbocycles. The van der Waals surface area contributed by atoms with Crippen molar-refractivity contribution in [3.8, 4) is 11.8 Å². The summed E-state index contributed by atoms with van der Waals surface area (Å²) in [5.74, 6) is 8.19. The Morgan fingerprint density at radius 3 is 2.71 bits per heavy atom. The predicted octanol–water partition coefficient (Wildman–Crippen LogP) is 1.42. The van der Waals surface area contributed by atoms with Gasteiger partial charge in [0.05, 0.1) is 11.4 Å². The molecule has 1 heterocycles. The van der Waals surface area contributed by atoms with Gasteiger partial charge in [-0.15, -0.1) is 0 Å². The molecule has 1 saturated heterocycles. The molecule has 0 atom stereocenters. The lowest BCUT2D eigenvalue weighted by molar-refractivity contribution is 0.476. The molecule has 1 fully saturated rings. The van der Waals surface area contributed by atoms with Crippen molar-refractivity contribution in [2.24, 2.45) is 11.7 Å². The summed E-state index contributed by atoms with van der Waals surface area (Å²) in [4.78, 5) is 0.233.